The second-order valence-corrected chi connectivity index (χ2v) is 3.60. The van der Waals surface area contributed by atoms with Crippen LogP contribution in [0.2, 0.25) is 0 Å². The fourth-order valence-corrected chi connectivity index (χ4v) is 1.67. The van der Waals surface area contributed by atoms with Crippen LogP contribution in [-0.4, -0.2) is 33.9 Å². The van der Waals surface area contributed by atoms with E-state index in [0.29, 0.717) is 19.5 Å². The molecule has 0 spiro atoms. The maximum Gasteiger partial charge on any atom is 0.155 e. The summed E-state index contributed by atoms with van der Waals surface area (Å²) in [7, 11) is 1.65. The lowest BCUT2D eigenvalue weighted by Crippen LogP contribution is -2.14. The first-order chi connectivity index (χ1) is 8.35. The van der Waals surface area contributed by atoms with Crippen LogP contribution in [0.1, 0.15) is 11.4 Å². The summed E-state index contributed by atoms with van der Waals surface area (Å²) in [6, 6.07) is 7.83. The zero-order valence-corrected chi connectivity index (χ0v) is 9.71. The van der Waals surface area contributed by atoms with Crippen molar-refractivity contribution in [2.24, 2.45) is 5.73 Å². The molecule has 2 rings (SSSR count). The molecule has 0 aliphatic heterocycles. The van der Waals surface area contributed by atoms with Gasteiger partial charge in [-0.1, -0.05) is 18.2 Å². The Bertz CT molecular complexity index is 482. The molecule has 0 aliphatic carbocycles. The first-order valence-corrected chi connectivity index (χ1v) is 5.42. The highest BCUT2D eigenvalue weighted by Crippen LogP contribution is 2.19. The molecule has 1 aromatic carbocycles. The average molecular weight is 233 g/mol. The quantitative estimate of drug-likeness (QED) is 0.799. The lowest BCUT2D eigenvalue weighted by atomic mass is 10.1. The number of benzene rings is 1. The topological polar surface area (TPSA) is 78.9 Å². The molecule has 0 saturated carbocycles. The molecule has 2 aromatic rings. The van der Waals surface area contributed by atoms with Gasteiger partial charge in [0, 0.05) is 18.5 Å². The van der Waals surface area contributed by atoms with Crippen LogP contribution in [0.3, 0.4) is 0 Å². The molecule has 6 heteroatoms. The smallest absolute Gasteiger partial charge is 0.155 e. The maximum absolute atomic E-state index is 5.50. The Morgan fingerprint density at radius 2 is 2.18 bits per heavy atom. The van der Waals surface area contributed by atoms with Gasteiger partial charge in [0.1, 0.15) is 5.75 Å². The highest BCUT2D eigenvalue weighted by Gasteiger charge is 2.09. The summed E-state index contributed by atoms with van der Waals surface area (Å²) in [6.07, 6.45) is 0.636. The van der Waals surface area contributed by atoms with E-state index in [2.05, 4.69) is 15.5 Å². The lowest BCUT2D eigenvalue weighted by Gasteiger charge is -2.07. The molecule has 0 atom stereocenters. The summed E-state index contributed by atoms with van der Waals surface area (Å²) >= 11 is 0. The van der Waals surface area contributed by atoms with Crippen molar-refractivity contribution < 1.29 is 4.74 Å². The molecule has 90 valence electrons. The second-order valence-electron chi connectivity index (χ2n) is 3.60. The minimum atomic E-state index is 0.518. The van der Waals surface area contributed by atoms with Gasteiger partial charge in [0.05, 0.1) is 13.7 Å². The summed E-state index contributed by atoms with van der Waals surface area (Å²) in [5, 5.41) is 11.5. The van der Waals surface area contributed by atoms with Gasteiger partial charge in [-0.05, 0) is 16.5 Å². The van der Waals surface area contributed by atoms with Crippen LogP contribution in [0.25, 0.3) is 0 Å². The minimum absolute atomic E-state index is 0.518. The van der Waals surface area contributed by atoms with E-state index < -0.39 is 0 Å². The minimum Gasteiger partial charge on any atom is -0.496 e. The fraction of sp³-hybridized carbons (Fsp3) is 0.364. The number of tetrazole rings is 1. The Hall–Kier alpha value is -1.95. The van der Waals surface area contributed by atoms with Crippen LogP contribution in [0.5, 0.6) is 5.75 Å². The van der Waals surface area contributed by atoms with Gasteiger partial charge in [-0.15, -0.1) is 5.10 Å². The lowest BCUT2D eigenvalue weighted by molar-refractivity contribution is 0.410. The molecular weight excluding hydrogens is 218 g/mol. The first-order valence-electron chi connectivity index (χ1n) is 5.42. The van der Waals surface area contributed by atoms with Crippen molar-refractivity contribution in [3.05, 3.63) is 35.7 Å². The van der Waals surface area contributed by atoms with Crippen molar-refractivity contribution in [1.82, 2.24) is 20.2 Å². The largest absolute Gasteiger partial charge is 0.496 e. The van der Waals surface area contributed by atoms with Crippen LogP contribution in [-0.2, 0) is 13.0 Å². The molecule has 0 saturated heterocycles. The SMILES string of the molecule is COc1ccccc1Cc1nnnn1CCN. The maximum atomic E-state index is 5.50. The molecule has 6 nitrogen and oxygen atoms in total. The summed E-state index contributed by atoms with van der Waals surface area (Å²) in [4.78, 5) is 0. The zero-order valence-electron chi connectivity index (χ0n) is 9.71. The third-order valence-corrected chi connectivity index (χ3v) is 2.49. The van der Waals surface area contributed by atoms with Gasteiger partial charge in [-0.25, -0.2) is 4.68 Å². The number of ether oxygens (including phenoxy) is 1. The van der Waals surface area contributed by atoms with E-state index in [9.17, 15) is 0 Å². The molecule has 17 heavy (non-hydrogen) atoms. The molecule has 0 amide bonds. The summed E-state index contributed by atoms with van der Waals surface area (Å²) in [5.74, 6) is 1.63. The Kier molecular flexibility index (Phi) is 3.66. The van der Waals surface area contributed by atoms with E-state index in [1.165, 1.54) is 0 Å². The van der Waals surface area contributed by atoms with E-state index in [1.54, 1.807) is 11.8 Å². The third-order valence-electron chi connectivity index (χ3n) is 2.49. The van der Waals surface area contributed by atoms with E-state index in [1.807, 2.05) is 24.3 Å². The van der Waals surface area contributed by atoms with Crippen molar-refractivity contribution >= 4 is 0 Å². The Morgan fingerprint density at radius 1 is 1.35 bits per heavy atom. The molecule has 1 aromatic heterocycles. The number of para-hydroxylation sites is 1. The number of nitrogens with zero attached hydrogens (tertiary/aromatic N) is 4. The molecule has 2 N–H and O–H groups in total. The Morgan fingerprint density at radius 3 is 2.94 bits per heavy atom. The van der Waals surface area contributed by atoms with Crippen LogP contribution < -0.4 is 10.5 Å². The normalized spacial score (nSPS) is 10.5. The fourth-order valence-electron chi connectivity index (χ4n) is 1.67. The molecule has 1 heterocycles. The van der Waals surface area contributed by atoms with Crippen molar-refractivity contribution in [3.8, 4) is 5.75 Å². The van der Waals surface area contributed by atoms with E-state index in [4.69, 9.17) is 10.5 Å². The van der Waals surface area contributed by atoms with E-state index in [0.717, 1.165) is 17.1 Å². The Balaban J connectivity index is 2.22. The molecule has 0 fully saturated rings. The third kappa shape index (κ3) is 2.59. The predicted octanol–water partition coefficient (Wildman–Crippen LogP) is 0.231. The number of hydrogen-bond acceptors (Lipinski definition) is 5. The van der Waals surface area contributed by atoms with Gasteiger partial charge < -0.3 is 10.5 Å². The molecule has 0 aliphatic rings. The number of aromatic nitrogens is 4. The van der Waals surface area contributed by atoms with E-state index in [-0.39, 0.29) is 0 Å². The van der Waals surface area contributed by atoms with Crippen molar-refractivity contribution in [2.45, 2.75) is 13.0 Å². The second kappa shape index (κ2) is 5.40. The molecule has 0 bridgehead atoms. The average Bonchev–Trinajstić information content (AvgIpc) is 2.78. The van der Waals surface area contributed by atoms with Crippen LogP contribution >= 0.6 is 0 Å². The summed E-state index contributed by atoms with van der Waals surface area (Å²) in [6.45, 7) is 1.14. The highest BCUT2D eigenvalue weighted by atomic mass is 16.5. The molecule has 0 radical (unpaired) electrons. The predicted molar refractivity (Wildman–Crippen MR) is 62.7 cm³/mol. The van der Waals surface area contributed by atoms with Crippen LogP contribution in [0.15, 0.2) is 24.3 Å². The van der Waals surface area contributed by atoms with Gasteiger partial charge in [-0.3, -0.25) is 0 Å². The summed E-state index contributed by atoms with van der Waals surface area (Å²) < 4.78 is 7.01. The van der Waals surface area contributed by atoms with Gasteiger partial charge in [0.25, 0.3) is 0 Å². The van der Waals surface area contributed by atoms with Gasteiger partial charge in [-0.2, -0.15) is 0 Å². The first kappa shape index (κ1) is 11.5. The van der Waals surface area contributed by atoms with Gasteiger partial charge in [0.2, 0.25) is 0 Å². The number of methoxy groups -OCH3 is 1. The number of hydrogen-bond donors (Lipinski definition) is 1. The van der Waals surface area contributed by atoms with Gasteiger partial charge >= 0.3 is 0 Å². The van der Waals surface area contributed by atoms with Crippen LogP contribution in [0.4, 0.5) is 0 Å². The summed E-state index contributed by atoms with van der Waals surface area (Å²) in [5.41, 5.74) is 6.56. The number of rotatable bonds is 5. The van der Waals surface area contributed by atoms with Crippen molar-refractivity contribution in [2.75, 3.05) is 13.7 Å². The van der Waals surface area contributed by atoms with Crippen molar-refractivity contribution in [1.29, 1.82) is 0 Å². The molecular formula is C11H15N5O. The highest BCUT2D eigenvalue weighted by molar-refractivity contribution is 5.35. The zero-order chi connectivity index (χ0) is 12.1. The monoisotopic (exact) mass is 233 g/mol. The standard InChI is InChI=1S/C11H15N5O/c1-17-10-5-3-2-4-9(10)8-11-13-14-15-16(11)7-6-12/h2-5H,6-8,12H2,1H3. The number of nitrogens with two attached hydrogens (primary N) is 1. The Labute approximate surface area is 99.4 Å². The van der Waals surface area contributed by atoms with Crippen LogP contribution in [0, 0.1) is 0 Å². The van der Waals surface area contributed by atoms with E-state index >= 15 is 0 Å². The van der Waals surface area contributed by atoms with Gasteiger partial charge in [0.15, 0.2) is 5.82 Å². The molecule has 0 unspecified atom stereocenters. The van der Waals surface area contributed by atoms with Crippen molar-refractivity contribution in [3.63, 3.8) is 0 Å².